The Morgan fingerprint density at radius 3 is 2.58 bits per heavy atom. The first-order chi connectivity index (χ1) is 14.8. The summed E-state index contributed by atoms with van der Waals surface area (Å²) in [5.74, 6) is -4.06. The number of halogens is 3. The van der Waals surface area contributed by atoms with Gasteiger partial charge in [0.1, 0.15) is 11.6 Å². The van der Waals surface area contributed by atoms with Gasteiger partial charge in [0, 0.05) is 39.3 Å². The summed E-state index contributed by atoms with van der Waals surface area (Å²) in [5.41, 5.74) is 0.575. The summed E-state index contributed by atoms with van der Waals surface area (Å²) in [6.07, 6.45) is 1.28. The molecular weight excluding hydrogens is 411 g/mol. The van der Waals surface area contributed by atoms with Crippen LogP contribution in [0.4, 0.5) is 13.2 Å². The molecule has 10 heteroatoms. The van der Waals surface area contributed by atoms with Gasteiger partial charge in [0.15, 0.2) is 17.3 Å². The van der Waals surface area contributed by atoms with E-state index < -0.39 is 17.5 Å². The van der Waals surface area contributed by atoms with E-state index in [-0.39, 0.29) is 41.4 Å². The number of imidazole rings is 1. The number of likely N-dealkylation sites (tertiary alicyclic amines) is 1. The maximum absolute atomic E-state index is 14.5. The number of benzene rings is 1. The van der Waals surface area contributed by atoms with E-state index in [1.807, 2.05) is 11.9 Å². The van der Waals surface area contributed by atoms with E-state index in [4.69, 9.17) is 0 Å². The third-order valence-electron chi connectivity index (χ3n) is 5.96. The van der Waals surface area contributed by atoms with Gasteiger partial charge in [0.2, 0.25) is 5.91 Å². The van der Waals surface area contributed by atoms with Crippen LogP contribution in [-0.4, -0.2) is 64.9 Å². The fourth-order valence-electron chi connectivity index (χ4n) is 4.30. The number of carbonyl (C=O) groups excluding carboxylic acids is 2. The zero-order valence-electron chi connectivity index (χ0n) is 17.4. The number of hydrogen-bond donors (Lipinski definition) is 1. The zero-order valence-corrected chi connectivity index (χ0v) is 17.4. The standard InChI is InChI=1S/C21H24F3N5O2/c1-25-20(30)12-4-7-28(10-12)21(31)18-17-11-27(2)5-3-6-29(17)19(26-18)13-8-15(23)16(24)9-14(13)22/h8-9,12H,3-7,10-11H2,1-2H3,(H,25,30)/t12-/m1/s1. The Kier molecular flexibility index (Phi) is 5.74. The minimum atomic E-state index is -1.28. The summed E-state index contributed by atoms with van der Waals surface area (Å²) in [6.45, 7) is 2.32. The molecule has 2 amide bonds. The van der Waals surface area contributed by atoms with Crippen molar-refractivity contribution < 1.29 is 22.8 Å². The molecule has 3 heterocycles. The molecule has 4 rings (SSSR count). The van der Waals surface area contributed by atoms with Gasteiger partial charge >= 0.3 is 0 Å². The molecule has 1 aromatic heterocycles. The van der Waals surface area contributed by atoms with Crippen LogP contribution in [-0.2, 0) is 17.9 Å². The van der Waals surface area contributed by atoms with E-state index in [1.54, 1.807) is 16.5 Å². The first-order valence-corrected chi connectivity index (χ1v) is 10.2. The second kappa shape index (κ2) is 8.33. The van der Waals surface area contributed by atoms with E-state index >= 15 is 0 Å². The molecule has 31 heavy (non-hydrogen) atoms. The molecule has 1 atom stereocenters. The summed E-state index contributed by atoms with van der Waals surface area (Å²) in [4.78, 5) is 33.3. The van der Waals surface area contributed by atoms with Crippen LogP contribution in [0, 0.1) is 23.4 Å². The summed E-state index contributed by atoms with van der Waals surface area (Å²) in [5, 5.41) is 2.60. The van der Waals surface area contributed by atoms with Gasteiger partial charge in [0.25, 0.3) is 5.91 Å². The Labute approximate surface area is 177 Å². The van der Waals surface area contributed by atoms with Crippen LogP contribution >= 0.6 is 0 Å². The molecule has 1 saturated heterocycles. The molecule has 1 N–H and O–H groups in total. The lowest BCUT2D eigenvalue weighted by Gasteiger charge is -2.17. The van der Waals surface area contributed by atoms with Crippen LogP contribution in [0.25, 0.3) is 11.4 Å². The second-order valence-corrected chi connectivity index (χ2v) is 8.07. The predicted octanol–water partition coefficient (Wildman–Crippen LogP) is 2.01. The van der Waals surface area contributed by atoms with Gasteiger partial charge in [-0.1, -0.05) is 0 Å². The molecule has 1 fully saturated rings. The monoisotopic (exact) mass is 435 g/mol. The van der Waals surface area contributed by atoms with E-state index in [1.165, 1.54) is 0 Å². The van der Waals surface area contributed by atoms with E-state index in [0.717, 1.165) is 19.0 Å². The van der Waals surface area contributed by atoms with Crippen molar-refractivity contribution in [1.82, 2.24) is 24.7 Å². The van der Waals surface area contributed by atoms with Crippen LogP contribution < -0.4 is 5.32 Å². The lowest BCUT2D eigenvalue weighted by Crippen LogP contribution is -2.34. The molecule has 2 aliphatic rings. The largest absolute Gasteiger partial charge is 0.359 e. The molecule has 0 saturated carbocycles. The van der Waals surface area contributed by atoms with Crippen LogP contribution in [0.2, 0.25) is 0 Å². The fraction of sp³-hybridized carbons (Fsp3) is 0.476. The zero-order chi connectivity index (χ0) is 22.3. The first-order valence-electron chi connectivity index (χ1n) is 10.2. The molecule has 2 aromatic rings. The minimum Gasteiger partial charge on any atom is -0.359 e. The Morgan fingerprint density at radius 1 is 1.10 bits per heavy atom. The van der Waals surface area contributed by atoms with E-state index in [9.17, 15) is 22.8 Å². The Morgan fingerprint density at radius 2 is 1.84 bits per heavy atom. The van der Waals surface area contributed by atoms with Gasteiger partial charge in [-0.2, -0.15) is 0 Å². The molecule has 2 aliphatic heterocycles. The summed E-state index contributed by atoms with van der Waals surface area (Å²) < 4.78 is 43.6. The van der Waals surface area contributed by atoms with Crippen molar-refractivity contribution in [1.29, 1.82) is 0 Å². The average Bonchev–Trinajstić information content (AvgIpc) is 3.31. The van der Waals surface area contributed by atoms with Crippen molar-refractivity contribution in [3.8, 4) is 11.4 Å². The summed E-state index contributed by atoms with van der Waals surface area (Å²) in [6, 6.07) is 1.27. The highest BCUT2D eigenvalue weighted by Gasteiger charge is 2.35. The fourth-order valence-corrected chi connectivity index (χ4v) is 4.30. The number of rotatable bonds is 3. The molecule has 166 valence electrons. The van der Waals surface area contributed by atoms with Crippen molar-refractivity contribution in [3.05, 3.63) is 41.0 Å². The lowest BCUT2D eigenvalue weighted by atomic mass is 10.1. The van der Waals surface area contributed by atoms with Gasteiger partial charge in [0.05, 0.1) is 17.2 Å². The summed E-state index contributed by atoms with van der Waals surface area (Å²) in [7, 11) is 3.47. The van der Waals surface area contributed by atoms with Crippen LogP contribution in [0.15, 0.2) is 12.1 Å². The van der Waals surface area contributed by atoms with Gasteiger partial charge in [-0.05, 0) is 32.5 Å². The predicted molar refractivity (Wildman–Crippen MR) is 107 cm³/mol. The molecule has 0 radical (unpaired) electrons. The summed E-state index contributed by atoms with van der Waals surface area (Å²) >= 11 is 0. The number of carbonyl (C=O) groups is 2. The third kappa shape index (κ3) is 3.91. The maximum Gasteiger partial charge on any atom is 0.274 e. The normalized spacial score (nSPS) is 19.3. The quantitative estimate of drug-likeness (QED) is 0.749. The Hall–Kier alpha value is -2.88. The van der Waals surface area contributed by atoms with Crippen molar-refractivity contribution in [2.45, 2.75) is 25.9 Å². The minimum absolute atomic E-state index is 0.104. The Balaban J connectivity index is 1.76. The first kappa shape index (κ1) is 21.4. The van der Waals surface area contributed by atoms with Crippen molar-refractivity contribution in [3.63, 3.8) is 0 Å². The number of aromatic nitrogens is 2. The average molecular weight is 435 g/mol. The van der Waals surface area contributed by atoms with Gasteiger partial charge in [-0.3, -0.25) is 9.59 Å². The van der Waals surface area contributed by atoms with Gasteiger partial charge < -0.3 is 19.7 Å². The number of amides is 2. The molecule has 0 spiro atoms. The number of hydrogen-bond acceptors (Lipinski definition) is 4. The molecule has 0 aliphatic carbocycles. The van der Waals surface area contributed by atoms with Gasteiger partial charge in [-0.25, -0.2) is 18.2 Å². The highest BCUT2D eigenvalue weighted by atomic mass is 19.2. The SMILES string of the molecule is CNC(=O)[C@@H]1CCN(C(=O)c2nc(-c3cc(F)c(F)cc3F)n3c2CN(C)CCC3)C1. The van der Waals surface area contributed by atoms with Gasteiger partial charge in [-0.15, -0.1) is 0 Å². The highest BCUT2D eigenvalue weighted by molar-refractivity contribution is 5.95. The molecule has 7 nitrogen and oxygen atoms in total. The lowest BCUT2D eigenvalue weighted by molar-refractivity contribution is -0.124. The van der Waals surface area contributed by atoms with Crippen LogP contribution in [0.5, 0.6) is 0 Å². The van der Waals surface area contributed by atoms with Crippen LogP contribution in [0.1, 0.15) is 29.0 Å². The molecule has 1 aromatic carbocycles. The molecule has 0 bridgehead atoms. The number of nitrogens with zero attached hydrogens (tertiary/aromatic N) is 4. The highest BCUT2D eigenvalue weighted by Crippen LogP contribution is 2.30. The second-order valence-electron chi connectivity index (χ2n) is 8.07. The maximum atomic E-state index is 14.5. The number of nitrogens with one attached hydrogen (secondary N) is 1. The molecular formula is C21H24F3N5O2. The third-order valence-corrected chi connectivity index (χ3v) is 5.96. The van der Waals surface area contributed by atoms with Crippen molar-refractivity contribution >= 4 is 11.8 Å². The number of fused-ring (bicyclic) bond motifs is 1. The van der Waals surface area contributed by atoms with E-state index in [0.29, 0.717) is 37.8 Å². The topological polar surface area (TPSA) is 70.5 Å². The van der Waals surface area contributed by atoms with Crippen LogP contribution in [0.3, 0.4) is 0 Å². The van der Waals surface area contributed by atoms with Crippen molar-refractivity contribution in [2.75, 3.05) is 33.7 Å². The van der Waals surface area contributed by atoms with Crippen molar-refractivity contribution in [2.24, 2.45) is 5.92 Å². The Bertz CT molecular complexity index is 1040. The molecule has 0 unspecified atom stereocenters. The van der Waals surface area contributed by atoms with E-state index in [2.05, 4.69) is 10.3 Å². The smallest absolute Gasteiger partial charge is 0.274 e.